The maximum Gasteiger partial charge on any atom is 0.271 e. The molecule has 1 aromatic rings. The van der Waals surface area contributed by atoms with E-state index in [0.717, 1.165) is 0 Å². The van der Waals surface area contributed by atoms with Crippen LogP contribution in [-0.4, -0.2) is 10.2 Å². The van der Waals surface area contributed by atoms with E-state index in [9.17, 15) is 13.6 Å². The lowest BCUT2D eigenvalue weighted by molar-refractivity contribution is 0.106. The molecule has 76 valence electrons. The number of hydrogen-bond donors (Lipinski definition) is 0. The predicted octanol–water partition coefficient (Wildman–Crippen LogP) is 3.36. The first-order valence-corrected chi connectivity index (χ1v) is 4.33. The zero-order valence-electron chi connectivity index (χ0n) is 7.02. The lowest BCUT2D eigenvalue weighted by atomic mass is 10.1. The summed E-state index contributed by atoms with van der Waals surface area (Å²) in [4.78, 5) is 14.3. The summed E-state index contributed by atoms with van der Waals surface area (Å²) in [5.74, 6) is 0. The fourth-order valence-corrected chi connectivity index (χ4v) is 1.33. The molecule has 0 N–H and O–H groups in total. The molecule has 0 aromatic carbocycles. The number of nitrogens with zero attached hydrogens (tertiary/aromatic N) is 1. The van der Waals surface area contributed by atoms with Gasteiger partial charge in [-0.3, -0.25) is 9.78 Å². The van der Waals surface area contributed by atoms with Gasteiger partial charge in [0.2, 0.25) is 0 Å². The van der Waals surface area contributed by atoms with Crippen LogP contribution in [0.5, 0.6) is 0 Å². The number of carbonyl (C=O) groups excluding carboxylic acids is 1. The van der Waals surface area contributed by atoms with E-state index in [2.05, 4.69) is 4.98 Å². The van der Waals surface area contributed by atoms with E-state index in [1.807, 2.05) is 0 Å². The Kier molecular flexibility index (Phi) is 3.39. The summed E-state index contributed by atoms with van der Waals surface area (Å²) in [5.41, 5.74) is -0.715. The fraction of sp³-hybridized carbons (Fsp3) is 0.250. The summed E-state index contributed by atoms with van der Waals surface area (Å²) >= 11 is 10.7. The van der Waals surface area contributed by atoms with Gasteiger partial charge in [0.15, 0.2) is 0 Å². The van der Waals surface area contributed by atoms with Gasteiger partial charge in [-0.2, -0.15) is 0 Å². The average Bonchev–Trinajstić information content (AvgIpc) is 2.08. The van der Waals surface area contributed by atoms with E-state index in [0.29, 0.717) is 5.56 Å². The van der Waals surface area contributed by atoms with Gasteiger partial charge >= 0.3 is 0 Å². The van der Waals surface area contributed by atoms with Crippen molar-refractivity contribution in [2.75, 3.05) is 0 Å². The molecule has 1 rings (SSSR count). The van der Waals surface area contributed by atoms with Gasteiger partial charge in [0, 0.05) is 6.20 Å². The molecule has 1 heterocycles. The molecule has 0 saturated carbocycles. The largest absolute Gasteiger partial charge is 0.274 e. The van der Waals surface area contributed by atoms with Crippen LogP contribution in [0.15, 0.2) is 6.20 Å². The van der Waals surface area contributed by atoms with E-state index >= 15 is 0 Å². The summed E-state index contributed by atoms with van der Waals surface area (Å²) in [6, 6.07) is 0. The molecule has 0 bridgehead atoms. The molecule has 0 radical (unpaired) electrons. The molecule has 0 aliphatic rings. The highest BCUT2D eigenvalue weighted by Crippen LogP contribution is 2.31. The number of aromatic nitrogens is 1. The van der Waals surface area contributed by atoms with Crippen LogP contribution >= 0.6 is 23.2 Å². The molecule has 2 nitrogen and oxygen atoms in total. The third-order valence-corrected chi connectivity index (χ3v) is 2.31. The number of alkyl halides is 2. The smallest absolute Gasteiger partial charge is 0.271 e. The minimum Gasteiger partial charge on any atom is -0.274 e. The van der Waals surface area contributed by atoms with Crippen molar-refractivity contribution in [3.05, 3.63) is 28.0 Å². The molecule has 0 aliphatic carbocycles. The Morgan fingerprint density at radius 1 is 1.57 bits per heavy atom. The maximum atomic E-state index is 12.5. The van der Waals surface area contributed by atoms with Crippen LogP contribution in [0.2, 0.25) is 5.02 Å². The third kappa shape index (κ3) is 2.01. The van der Waals surface area contributed by atoms with E-state index in [1.165, 1.54) is 13.1 Å². The highest BCUT2D eigenvalue weighted by atomic mass is 35.5. The topological polar surface area (TPSA) is 30.0 Å². The Morgan fingerprint density at radius 3 is 2.57 bits per heavy atom. The molecule has 0 amide bonds. The second-order valence-electron chi connectivity index (χ2n) is 2.59. The number of hydrogen-bond acceptors (Lipinski definition) is 2. The van der Waals surface area contributed by atoms with Crippen LogP contribution in [0.3, 0.4) is 0 Å². The first kappa shape index (κ1) is 11.3. The molecular weight excluding hydrogens is 235 g/mol. The molecule has 1 aromatic heterocycles. The van der Waals surface area contributed by atoms with Crippen molar-refractivity contribution < 1.29 is 13.6 Å². The van der Waals surface area contributed by atoms with Crippen LogP contribution in [0.1, 0.15) is 28.0 Å². The van der Waals surface area contributed by atoms with Gasteiger partial charge < -0.3 is 0 Å². The number of carbonyl (C=O) groups is 1. The van der Waals surface area contributed by atoms with Crippen LogP contribution in [-0.2, 0) is 0 Å². The van der Waals surface area contributed by atoms with Gasteiger partial charge in [0.1, 0.15) is 5.69 Å². The van der Waals surface area contributed by atoms with Gasteiger partial charge in [0.25, 0.3) is 11.7 Å². The third-order valence-electron chi connectivity index (χ3n) is 1.63. The van der Waals surface area contributed by atoms with Gasteiger partial charge in [-0.1, -0.05) is 11.6 Å². The zero-order valence-corrected chi connectivity index (χ0v) is 8.53. The molecule has 0 unspecified atom stereocenters. The summed E-state index contributed by atoms with van der Waals surface area (Å²) in [7, 11) is 0. The minimum absolute atomic E-state index is 0.168. The quantitative estimate of drug-likeness (QED) is 0.742. The summed E-state index contributed by atoms with van der Waals surface area (Å²) in [6.45, 7) is 1.52. The van der Waals surface area contributed by atoms with Crippen molar-refractivity contribution in [3.63, 3.8) is 0 Å². The highest BCUT2D eigenvalue weighted by Gasteiger charge is 2.23. The van der Waals surface area contributed by atoms with Crippen molar-refractivity contribution in [3.8, 4) is 0 Å². The fourth-order valence-electron chi connectivity index (χ4n) is 0.960. The number of aryl methyl sites for hydroxylation is 1. The Labute approximate surface area is 88.8 Å². The Hall–Kier alpha value is -0.740. The van der Waals surface area contributed by atoms with Gasteiger partial charge in [0.05, 0.1) is 10.6 Å². The van der Waals surface area contributed by atoms with Crippen molar-refractivity contribution in [1.82, 2.24) is 4.98 Å². The second kappa shape index (κ2) is 4.19. The van der Waals surface area contributed by atoms with Gasteiger partial charge in [-0.15, -0.1) is 0 Å². The molecular formula is C8H5Cl2F2NO. The minimum atomic E-state index is -2.87. The molecule has 0 aliphatic heterocycles. The Bertz CT molecular complexity index is 382. The number of halogens is 4. The molecule has 14 heavy (non-hydrogen) atoms. The lowest BCUT2D eigenvalue weighted by Gasteiger charge is -2.08. The molecule has 0 atom stereocenters. The first-order valence-electron chi connectivity index (χ1n) is 3.58. The molecule has 0 fully saturated rings. The standard InChI is InChI=1S/C8H5Cl2F2NO/c1-3-2-13-6(7(10)14)4(5(3)9)8(11)12/h2,8H,1H3. The van der Waals surface area contributed by atoms with Crippen LogP contribution in [0, 0.1) is 6.92 Å². The first-order chi connectivity index (χ1) is 6.45. The van der Waals surface area contributed by atoms with Crippen LogP contribution in [0.25, 0.3) is 0 Å². The SMILES string of the molecule is Cc1cnc(C(=O)Cl)c(C(F)F)c1Cl. The number of pyridine rings is 1. The monoisotopic (exact) mass is 239 g/mol. The molecule has 0 spiro atoms. The van der Waals surface area contributed by atoms with E-state index in [-0.39, 0.29) is 5.02 Å². The van der Waals surface area contributed by atoms with E-state index < -0.39 is 22.9 Å². The van der Waals surface area contributed by atoms with Crippen molar-refractivity contribution in [1.29, 1.82) is 0 Å². The van der Waals surface area contributed by atoms with Crippen molar-refractivity contribution in [2.45, 2.75) is 13.3 Å². The normalized spacial score (nSPS) is 10.7. The van der Waals surface area contributed by atoms with Crippen molar-refractivity contribution >= 4 is 28.4 Å². The van der Waals surface area contributed by atoms with E-state index in [4.69, 9.17) is 23.2 Å². The zero-order chi connectivity index (χ0) is 10.9. The van der Waals surface area contributed by atoms with E-state index in [1.54, 1.807) is 0 Å². The average molecular weight is 240 g/mol. The maximum absolute atomic E-state index is 12.5. The summed E-state index contributed by atoms with van der Waals surface area (Å²) in [6.07, 6.45) is -1.64. The Balaban J connectivity index is 3.45. The van der Waals surface area contributed by atoms with Crippen LogP contribution < -0.4 is 0 Å². The van der Waals surface area contributed by atoms with Crippen LogP contribution in [0.4, 0.5) is 8.78 Å². The second-order valence-corrected chi connectivity index (χ2v) is 3.31. The number of rotatable bonds is 2. The summed E-state index contributed by atoms with van der Waals surface area (Å²) in [5, 5.41) is -1.21. The van der Waals surface area contributed by atoms with Gasteiger partial charge in [-0.05, 0) is 24.1 Å². The Morgan fingerprint density at radius 2 is 2.14 bits per heavy atom. The molecule has 6 heteroatoms. The lowest BCUT2D eigenvalue weighted by Crippen LogP contribution is -2.04. The van der Waals surface area contributed by atoms with Gasteiger partial charge in [-0.25, -0.2) is 8.78 Å². The highest BCUT2D eigenvalue weighted by molar-refractivity contribution is 6.67. The van der Waals surface area contributed by atoms with Crippen molar-refractivity contribution in [2.24, 2.45) is 0 Å². The summed E-state index contributed by atoms with van der Waals surface area (Å²) < 4.78 is 25.0. The molecule has 0 saturated heterocycles. The predicted molar refractivity (Wildman–Crippen MR) is 49.1 cm³/mol.